The molecule has 5 nitrogen and oxygen atoms in total. The third-order valence-electron chi connectivity index (χ3n) is 1.46. The normalized spacial score (nSPS) is 10.3. The Balaban J connectivity index is 3.09. The standard InChI is InChI=1S/C7H4N2O3/c10-6-4-3-8-2-1-5(4)9-7(11)12-6/h1-3H,(H,9,11). The smallest absolute Gasteiger partial charge is 0.372 e. The van der Waals surface area contributed by atoms with Gasteiger partial charge in [-0.05, 0) is 6.07 Å². The van der Waals surface area contributed by atoms with Gasteiger partial charge in [-0.25, -0.2) is 9.59 Å². The van der Waals surface area contributed by atoms with Crippen LogP contribution in [-0.4, -0.2) is 9.97 Å². The first-order valence-corrected chi connectivity index (χ1v) is 3.24. The first-order chi connectivity index (χ1) is 5.77. The van der Waals surface area contributed by atoms with Crippen LogP contribution in [0.15, 0.2) is 32.5 Å². The number of hydrogen-bond donors (Lipinski definition) is 1. The van der Waals surface area contributed by atoms with Crippen molar-refractivity contribution < 1.29 is 4.42 Å². The van der Waals surface area contributed by atoms with Crippen molar-refractivity contribution in [1.29, 1.82) is 0 Å². The number of nitrogens with one attached hydrogen (secondary N) is 1. The van der Waals surface area contributed by atoms with E-state index in [0.29, 0.717) is 5.52 Å². The van der Waals surface area contributed by atoms with Crippen LogP contribution in [0.25, 0.3) is 10.9 Å². The van der Waals surface area contributed by atoms with Gasteiger partial charge in [-0.2, -0.15) is 0 Å². The summed E-state index contributed by atoms with van der Waals surface area (Å²) < 4.78 is 4.28. The van der Waals surface area contributed by atoms with E-state index < -0.39 is 11.4 Å². The molecule has 0 spiro atoms. The molecule has 2 aromatic rings. The Morgan fingerprint density at radius 3 is 3.08 bits per heavy atom. The molecule has 0 aliphatic heterocycles. The second-order valence-electron chi connectivity index (χ2n) is 2.22. The molecule has 2 heterocycles. The molecule has 0 saturated carbocycles. The summed E-state index contributed by atoms with van der Waals surface area (Å²) in [6, 6.07) is 1.54. The Kier molecular flexibility index (Phi) is 1.30. The monoisotopic (exact) mass is 164 g/mol. The maximum absolute atomic E-state index is 11.0. The Labute approximate surface area is 65.7 Å². The van der Waals surface area contributed by atoms with E-state index in [0.717, 1.165) is 0 Å². The first-order valence-electron chi connectivity index (χ1n) is 3.24. The maximum Gasteiger partial charge on any atom is 0.419 e. The first kappa shape index (κ1) is 6.78. The van der Waals surface area contributed by atoms with Gasteiger partial charge in [0, 0.05) is 12.4 Å². The number of pyridine rings is 1. The van der Waals surface area contributed by atoms with Crippen LogP contribution in [-0.2, 0) is 0 Å². The van der Waals surface area contributed by atoms with Crippen LogP contribution >= 0.6 is 0 Å². The number of aromatic nitrogens is 2. The summed E-state index contributed by atoms with van der Waals surface area (Å²) in [5, 5.41) is 0.275. The van der Waals surface area contributed by atoms with Crippen LogP contribution in [0.2, 0.25) is 0 Å². The lowest BCUT2D eigenvalue weighted by atomic mass is 10.3. The summed E-state index contributed by atoms with van der Waals surface area (Å²) in [7, 11) is 0. The van der Waals surface area contributed by atoms with E-state index in [1.807, 2.05) is 0 Å². The van der Waals surface area contributed by atoms with Crippen LogP contribution in [0.1, 0.15) is 0 Å². The lowest BCUT2D eigenvalue weighted by molar-refractivity contribution is 0.460. The van der Waals surface area contributed by atoms with Crippen LogP contribution < -0.4 is 11.4 Å². The lowest BCUT2D eigenvalue weighted by Crippen LogP contribution is -2.14. The number of hydrogen-bond acceptors (Lipinski definition) is 4. The van der Waals surface area contributed by atoms with Crippen molar-refractivity contribution in [3.05, 3.63) is 39.4 Å². The lowest BCUT2D eigenvalue weighted by Gasteiger charge is -1.90. The molecule has 2 aromatic heterocycles. The van der Waals surface area contributed by atoms with Gasteiger partial charge in [0.2, 0.25) is 0 Å². The van der Waals surface area contributed by atoms with E-state index in [1.54, 1.807) is 0 Å². The van der Waals surface area contributed by atoms with E-state index >= 15 is 0 Å². The van der Waals surface area contributed by atoms with Crippen LogP contribution in [0, 0.1) is 0 Å². The van der Waals surface area contributed by atoms with Gasteiger partial charge in [0.15, 0.2) is 0 Å². The van der Waals surface area contributed by atoms with Gasteiger partial charge in [-0.3, -0.25) is 9.97 Å². The number of nitrogens with zero attached hydrogens (tertiary/aromatic N) is 1. The molecule has 0 unspecified atom stereocenters. The van der Waals surface area contributed by atoms with Crippen LogP contribution in [0.3, 0.4) is 0 Å². The van der Waals surface area contributed by atoms with E-state index in [-0.39, 0.29) is 5.39 Å². The molecule has 0 aromatic carbocycles. The summed E-state index contributed by atoms with van der Waals surface area (Å²) in [4.78, 5) is 27.7. The molecule has 0 bridgehead atoms. The van der Waals surface area contributed by atoms with Crippen LogP contribution in [0.5, 0.6) is 0 Å². The third-order valence-corrected chi connectivity index (χ3v) is 1.46. The number of H-pyrrole nitrogens is 1. The quantitative estimate of drug-likeness (QED) is 0.588. The van der Waals surface area contributed by atoms with Gasteiger partial charge in [-0.15, -0.1) is 0 Å². The molecule has 0 amide bonds. The van der Waals surface area contributed by atoms with E-state index in [9.17, 15) is 9.59 Å². The number of rotatable bonds is 0. The second kappa shape index (κ2) is 2.30. The van der Waals surface area contributed by atoms with Crippen LogP contribution in [0.4, 0.5) is 0 Å². The molecule has 1 N–H and O–H groups in total. The Morgan fingerprint density at radius 1 is 1.42 bits per heavy atom. The molecular formula is C7H4N2O3. The SMILES string of the molecule is O=c1[nH]c2ccncc2c(=O)o1. The summed E-state index contributed by atoms with van der Waals surface area (Å²) in [6.07, 6.45) is 2.83. The summed E-state index contributed by atoms with van der Waals surface area (Å²) in [5.74, 6) is -0.751. The van der Waals surface area contributed by atoms with Crippen molar-refractivity contribution >= 4 is 10.9 Å². The predicted molar refractivity (Wildman–Crippen MR) is 40.9 cm³/mol. The zero-order chi connectivity index (χ0) is 8.55. The molecular weight excluding hydrogens is 160 g/mol. The van der Waals surface area contributed by atoms with E-state index in [2.05, 4.69) is 14.4 Å². The number of aromatic amines is 1. The molecule has 0 aliphatic rings. The maximum atomic E-state index is 11.0. The highest BCUT2D eigenvalue weighted by atomic mass is 16.4. The molecule has 0 saturated heterocycles. The van der Waals surface area contributed by atoms with Crippen molar-refractivity contribution in [2.45, 2.75) is 0 Å². The van der Waals surface area contributed by atoms with E-state index in [1.165, 1.54) is 18.5 Å². The van der Waals surface area contributed by atoms with Crippen molar-refractivity contribution in [2.75, 3.05) is 0 Å². The summed E-state index contributed by atoms with van der Waals surface area (Å²) >= 11 is 0. The highest BCUT2D eigenvalue weighted by Crippen LogP contribution is 1.99. The summed E-state index contributed by atoms with van der Waals surface area (Å²) in [6.45, 7) is 0. The van der Waals surface area contributed by atoms with Gasteiger partial charge >= 0.3 is 11.4 Å². The zero-order valence-corrected chi connectivity index (χ0v) is 5.90. The average Bonchev–Trinajstić information content (AvgIpc) is 2.04. The predicted octanol–water partition coefficient (Wildman–Crippen LogP) is -0.124. The second-order valence-corrected chi connectivity index (χ2v) is 2.22. The van der Waals surface area contributed by atoms with Gasteiger partial charge in [0.05, 0.1) is 5.52 Å². The Hall–Kier alpha value is -1.91. The fourth-order valence-corrected chi connectivity index (χ4v) is 0.941. The van der Waals surface area contributed by atoms with Crippen molar-refractivity contribution in [3.63, 3.8) is 0 Å². The number of fused-ring (bicyclic) bond motifs is 1. The fraction of sp³-hybridized carbons (Fsp3) is 0. The minimum absolute atomic E-state index is 0.275. The summed E-state index contributed by atoms with van der Waals surface area (Å²) in [5.41, 5.74) is -0.229. The van der Waals surface area contributed by atoms with Crippen molar-refractivity contribution in [1.82, 2.24) is 9.97 Å². The van der Waals surface area contributed by atoms with Gasteiger partial charge < -0.3 is 4.42 Å². The van der Waals surface area contributed by atoms with Crippen molar-refractivity contribution in [2.24, 2.45) is 0 Å². The zero-order valence-electron chi connectivity index (χ0n) is 5.90. The minimum Gasteiger partial charge on any atom is -0.372 e. The molecule has 12 heavy (non-hydrogen) atoms. The highest BCUT2D eigenvalue weighted by molar-refractivity contribution is 5.74. The van der Waals surface area contributed by atoms with Crippen molar-refractivity contribution in [3.8, 4) is 0 Å². The highest BCUT2D eigenvalue weighted by Gasteiger charge is 1.99. The minimum atomic E-state index is -0.751. The van der Waals surface area contributed by atoms with Gasteiger partial charge in [0.25, 0.3) is 0 Å². The molecule has 2 rings (SSSR count). The average molecular weight is 164 g/mol. The molecule has 60 valence electrons. The van der Waals surface area contributed by atoms with E-state index in [4.69, 9.17) is 0 Å². The largest absolute Gasteiger partial charge is 0.419 e. The third kappa shape index (κ3) is 0.914. The fourth-order valence-electron chi connectivity index (χ4n) is 0.941. The molecule has 0 fully saturated rings. The topological polar surface area (TPSA) is 76.0 Å². The van der Waals surface area contributed by atoms with Gasteiger partial charge in [-0.1, -0.05) is 0 Å². The van der Waals surface area contributed by atoms with Gasteiger partial charge in [0.1, 0.15) is 5.39 Å². The Bertz CT molecular complexity index is 526. The molecule has 0 aliphatic carbocycles. The molecule has 5 heteroatoms. The Morgan fingerprint density at radius 2 is 2.25 bits per heavy atom. The molecule has 0 atom stereocenters. The molecule has 0 radical (unpaired) electrons.